The lowest BCUT2D eigenvalue weighted by molar-refractivity contribution is 0.272. The number of aliphatic imine (C=N–C) groups is 1. The summed E-state index contributed by atoms with van der Waals surface area (Å²) in [5.41, 5.74) is 0. The van der Waals surface area contributed by atoms with E-state index in [-0.39, 0.29) is 35.5 Å². The second kappa shape index (κ2) is 11.6. The fourth-order valence-corrected chi connectivity index (χ4v) is 4.64. The Labute approximate surface area is 169 Å². The van der Waals surface area contributed by atoms with Crippen molar-refractivity contribution >= 4 is 39.8 Å². The molecule has 0 amide bonds. The van der Waals surface area contributed by atoms with Crippen LogP contribution in [0.1, 0.15) is 26.7 Å². The zero-order chi connectivity index (χ0) is 17.4. The van der Waals surface area contributed by atoms with E-state index in [2.05, 4.69) is 34.3 Å². The van der Waals surface area contributed by atoms with Crippen LogP contribution in [0.3, 0.4) is 0 Å². The van der Waals surface area contributed by atoms with Gasteiger partial charge in [-0.05, 0) is 32.9 Å². The summed E-state index contributed by atoms with van der Waals surface area (Å²) in [6.45, 7) is 11.2. The molecule has 1 atom stereocenters. The number of halogens is 1. The van der Waals surface area contributed by atoms with E-state index >= 15 is 0 Å². The van der Waals surface area contributed by atoms with E-state index in [0.29, 0.717) is 19.1 Å². The van der Waals surface area contributed by atoms with Crippen molar-refractivity contribution in [1.29, 1.82) is 0 Å². The van der Waals surface area contributed by atoms with Crippen molar-refractivity contribution < 1.29 is 8.42 Å². The molecule has 0 aromatic rings. The maximum absolute atomic E-state index is 11.5. The Morgan fingerprint density at radius 2 is 1.88 bits per heavy atom. The van der Waals surface area contributed by atoms with Gasteiger partial charge in [0, 0.05) is 38.8 Å². The molecule has 0 aromatic carbocycles. The summed E-state index contributed by atoms with van der Waals surface area (Å²) < 4.78 is 22.9. The second-order valence-corrected chi connectivity index (χ2v) is 8.87. The minimum Gasteiger partial charge on any atom is -0.357 e. The van der Waals surface area contributed by atoms with E-state index < -0.39 is 9.84 Å². The minimum atomic E-state index is -2.79. The average molecular weight is 487 g/mol. The molecule has 0 spiro atoms. The molecule has 0 aromatic heterocycles. The van der Waals surface area contributed by atoms with E-state index in [1.54, 1.807) is 0 Å². The maximum Gasteiger partial charge on any atom is 0.191 e. The van der Waals surface area contributed by atoms with Crippen molar-refractivity contribution in [3.8, 4) is 0 Å². The van der Waals surface area contributed by atoms with Gasteiger partial charge >= 0.3 is 0 Å². The Kier molecular flexibility index (Phi) is 10.6. The van der Waals surface area contributed by atoms with Gasteiger partial charge in [0.25, 0.3) is 0 Å². The molecule has 2 heterocycles. The SMILES string of the molecule is CCNC(=NCC1CCCN1CC)NCCN1CCS(=O)(=O)CC1.I. The quantitative estimate of drug-likeness (QED) is 0.307. The minimum absolute atomic E-state index is 0. The molecule has 2 aliphatic rings. The van der Waals surface area contributed by atoms with Gasteiger partial charge in [0.2, 0.25) is 0 Å². The van der Waals surface area contributed by atoms with Crippen LogP contribution in [0.25, 0.3) is 0 Å². The normalized spacial score (nSPS) is 24.7. The third-order valence-electron chi connectivity index (χ3n) is 4.87. The molecule has 148 valence electrons. The molecular formula is C16H34IN5O2S. The zero-order valence-electron chi connectivity index (χ0n) is 15.5. The first-order valence-corrected chi connectivity index (χ1v) is 11.0. The standard InChI is InChI=1S/C16H33N5O2S.HI/c1-3-17-16(19-14-15-6-5-8-21(15)4-2)18-7-9-20-10-12-24(22,23)13-11-20;/h15H,3-14H2,1-2H3,(H2,17,18,19);1H. The maximum atomic E-state index is 11.5. The van der Waals surface area contributed by atoms with E-state index in [1.165, 1.54) is 19.4 Å². The number of likely N-dealkylation sites (N-methyl/N-ethyl adjacent to an activating group) is 1. The van der Waals surface area contributed by atoms with Crippen LogP contribution < -0.4 is 10.6 Å². The molecule has 0 aliphatic carbocycles. The van der Waals surface area contributed by atoms with Gasteiger partial charge in [-0.15, -0.1) is 24.0 Å². The Morgan fingerprint density at radius 3 is 2.52 bits per heavy atom. The highest BCUT2D eigenvalue weighted by Crippen LogP contribution is 2.16. The van der Waals surface area contributed by atoms with Crippen LogP contribution in [-0.4, -0.2) is 94.1 Å². The van der Waals surface area contributed by atoms with Gasteiger partial charge in [-0.1, -0.05) is 6.92 Å². The third kappa shape index (κ3) is 7.96. The molecule has 0 radical (unpaired) electrons. The van der Waals surface area contributed by atoms with Crippen LogP contribution in [0.15, 0.2) is 4.99 Å². The lowest BCUT2D eigenvalue weighted by Crippen LogP contribution is -2.46. The predicted octanol–water partition coefficient (Wildman–Crippen LogP) is 0.374. The van der Waals surface area contributed by atoms with Gasteiger partial charge in [0.05, 0.1) is 18.1 Å². The molecule has 2 aliphatic heterocycles. The van der Waals surface area contributed by atoms with E-state index in [1.807, 2.05) is 0 Å². The smallest absolute Gasteiger partial charge is 0.191 e. The monoisotopic (exact) mass is 487 g/mol. The van der Waals surface area contributed by atoms with E-state index in [4.69, 9.17) is 4.99 Å². The molecule has 25 heavy (non-hydrogen) atoms. The van der Waals surface area contributed by atoms with E-state index in [0.717, 1.165) is 38.7 Å². The van der Waals surface area contributed by atoms with Crippen LogP contribution in [0.2, 0.25) is 0 Å². The first-order chi connectivity index (χ1) is 11.5. The molecule has 2 saturated heterocycles. The largest absolute Gasteiger partial charge is 0.357 e. The van der Waals surface area contributed by atoms with Gasteiger partial charge in [0.1, 0.15) is 0 Å². The number of nitrogens with one attached hydrogen (secondary N) is 2. The number of likely N-dealkylation sites (tertiary alicyclic amines) is 1. The van der Waals surface area contributed by atoms with Gasteiger partial charge in [0.15, 0.2) is 15.8 Å². The third-order valence-corrected chi connectivity index (χ3v) is 6.48. The van der Waals surface area contributed by atoms with Crippen LogP contribution in [0, 0.1) is 0 Å². The molecule has 0 bridgehead atoms. The summed E-state index contributed by atoms with van der Waals surface area (Å²) in [5, 5.41) is 6.67. The van der Waals surface area contributed by atoms with Crippen LogP contribution >= 0.6 is 24.0 Å². The van der Waals surface area contributed by atoms with Crippen molar-refractivity contribution in [3.05, 3.63) is 0 Å². The van der Waals surface area contributed by atoms with Crippen molar-refractivity contribution in [2.75, 3.05) is 63.9 Å². The Morgan fingerprint density at radius 1 is 1.16 bits per heavy atom. The van der Waals surface area contributed by atoms with Crippen LogP contribution in [-0.2, 0) is 9.84 Å². The molecule has 7 nitrogen and oxygen atoms in total. The van der Waals surface area contributed by atoms with Gasteiger partial charge in [-0.3, -0.25) is 14.8 Å². The number of guanidine groups is 1. The van der Waals surface area contributed by atoms with Crippen LogP contribution in [0.4, 0.5) is 0 Å². The first-order valence-electron chi connectivity index (χ1n) is 9.23. The Bertz CT molecular complexity index is 501. The van der Waals surface area contributed by atoms with Crippen molar-refractivity contribution in [2.45, 2.75) is 32.7 Å². The lowest BCUT2D eigenvalue weighted by Gasteiger charge is -2.26. The Hall–Kier alpha value is -0.130. The highest BCUT2D eigenvalue weighted by Gasteiger charge is 2.23. The molecule has 2 fully saturated rings. The summed E-state index contributed by atoms with van der Waals surface area (Å²) in [6, 6.07) is 0.567. The summed E-state index contributed by atoms with van der Waals surface area (Å²) in [7, 11) is -2.79. The summed E-state index contributed by atoms with van der Waals surface area (Å²) in [6.07, 6.45) is 2.51. The van der Waals surface area contributed by atoms with E-state index in [9.17, 15) is 8.42 Å². The zero-order valence-corrected chi connectivity index (χ0v) is 18.7. The molecule has 1 unspecified atom stereocenters. The van der Waals surface area contributed by atoms with Crippen molar-refractivity contribution in [2.24, 2.45) is 4.99 Å². The number of hydrogen-bond acceptors (Lipinski definition) is 5. The fraction of sp³-hybridized carbons (Fsp3) is 0.938. The predicted molar refractivity (Wildman–Crippen MR) is 115 cm³/mol. The summed E-state index contributed by atoms with van der Waals surface area (Å²) >= 11 is 0. The van der Waals surface area contributed by atoms with Gasteiger partial charge in [-0.2, -0.15) is 0 Å². The molecule has 2 rings (SSSR count). The van der Waals surface area contributed by atoms with Gasteiger partial charge in [-0.25, -0.2) is 8.42 Å². The van der Waals surface area contributed by atoms with Crippen molar-refractivity contribution in [3.63, 3.8) is 0 Å². The fourth-order valence-electron chi connectivity index (χ4n) is 3.36. The lowest BCUT2D eigenvalue weighted by atomic mass is 10.2. The number of nitrogens with zero attached hydrogens (tertiary/aromatic N) is 3. The number of sulfone groups is 1. The summed E-state index contributed by atoms with van der Waals surface area (Å²) in [5.74, 6) is 1.44. The van der Waals surface area contributed by atoms with Gasteiger partial charge < -0.3 is 10.6 Å². The first kappa shape index (κ1) is 22.9. The average Bonchev–Trinajstić information content (AvgIpc) is 3.01. The highest BCUT2D eigenvalue weighted by atomic mass is 127. The Balaban J connectivity index is 0.00000312. The molecule has 2 N–H and O–H groups in total. The number of hydrogen-bond donors (Lipinski definition) is 2. The van der Waals surface area contributed by atoms with Crippen molar-refractivity contribution in [1.82, 2.24) is 20.4 Å². The molecule has 0 saturated carbocycles. The highest BCUT2D eigenvalue weighted by molar-refractivity contribution is 14.0. The molecule has 9 heteroatoms. The van der Waals surface area contributed by atoms with Crippen LogP contribution in [0.5, 0.6) is 0 Å². The molecular weight excluding hydrogens is 453 g/mol. The topological polar surface area (TPSA) is 77.0 Å². The summed E-state index contributed by atoms with van der Waals surface area (Å²) in [4.78, 5) is 9.44. The number of rotatable bonds is 7. The second-order valence-electron chi connectivity index (χ2n) is 6.56.